The van der Waals surface area contributed by atoms with E-state index in [0.29, 0.717) is 6.42 Å². The predicted octanol–water partition coefficient (Wildman–Crippen LogP) is 3.37. The van der Waals surface area contributed by atoms with Crippen LogP contribution in [-0.4, -0.2) is 12.5 Å². The first kappa shape index (κ1) is 13.5. The maximum Gasteiger partial charge on any atom is 0.220 e. The van der Waals surface area contributed by atoms with E-state index in [0.717, 1.165) is 18.4 Å². The molecule has 0 atom stereocenters. The summed E-state index contributed by atoms with van der Waals surface area (Å²) in [5, 5.41) is 3.08. The molecule has 0 aromatic rings. The molecule has 1 amide bonds. The Labute approximate surface area is 100 Å². The highest BCUT2D eigenvalue weighted by Gasteiger charge is 2.20. The molecule has 0 aromatic carbocycles. The summed E-state index contributed by atoms with van der Waals surface area (Å²) < 4.78 is 0. The lowest BCUT2D eigenvalue weighted by Crippen LogP contribution is -2.33. The molecule has 0 heterocycles. The van der Waals surface area contributed by atoms with E-state index >= 15 is 0 Å². The van der Waals surface area contributed by atoms with Crippen LogP contribution in [-0.2, 0) is 4.79 Å². The van der Waals surface area contributed by atoms with Gasteiger partial charge in [-0.1, -0.05) is 40.5 Å². The normalized spacial score (nSPS) is 26.5. The fourth-order valence-corrected chi connectivity index (χ4v) is 2.34. The van der Waals surface area contributed by atoms with Crippen LogP contribution >= 0.6 is 0 Å². The van der Waals surface area contributed by atoms with Gasteiger partial charge in [-0.25, -0.2) is 0 Å². The topological polar surface area (TPSA) is 29.1 Å². The zero-order valence-corrected chi connectivity index (χ0v) is 11.3. The summed E-state index contributed by atoms with van der Waals surface area (Å²) in [7, 11) is 0. The van der Waals surface area contributed by atoms with Crippen molar-refractivity contribution < 1.29 is 4.79 Å². The molecule has 0 aromatic heterocycles. The zero-order valence-electron chi connectivity index (χ0n) is 11.3. The number of carbonyl (C=O) groups is 1. The molecule has 1 aliphatic rings. The van der Waals surface area contributed by atoms with Crippen LogP contribution in [0.15, 0.2) is 0 Å². The molecule has 0 unspecified atom stereocenters. The van der Waals surface area contributed by atoms with Crippen LogP contribution in [0.5, 0.6) is 0 Å². The van der Waals surface area contributed by atoms with Crippen LogP contribution in [0.1, 0.15) is 59.8 Å². The van der Waals surface area contributed by atoms with E-state index in [2.05, 4.69) is 33.0 Å². The molecular formula is C14H27NO. The Balaban J connectivity index is 2.17. The lowest BCUT2D eigenvalue weighted by atomic mass is 9.83. The number of hydrogen-bond acceptors (Lipinski definition) is 1. The standard InChI is InChI=1S/C14H27NO/c1-11-5-7-12(8-6-11)10-15-13(16)9-14(2,3)4/h11-12H,5-10H2,1-4H3,(H,15,16)/t11-,12-. The molecule has 0 spiro atoms. The van der Waals surface area contributed by atoms with E-state index in [1.807, 2.05) is 0 Å². The van der Waals surface area contributed by atoms with Gasteiger partial charge in [-0.2, -0.15) is 0 Å². The molecule has 0 bridgehead atoms. The Hall–Kier alpha value is -0.530. The van der Waals surface area contributed by atoms with Gasteiger partial charge in [0, 0.05) is 13.0 Å². The minimum atomic E-state index is 0.102. The summed E-state index contributed by atoms with van der Waals surface area (Å²) in [5.41, 5.74) is 0.102. The number of nitrogens with one attached hydrogen (secondary N) is 1. The highest BCUT2D eigenvalue weighted by Crippen LogP contribution is 2.27. The molecule has 2 nitrogen and oxygen atoms in total. The van der Waals surface area contributed by atoms with Crippen LogP contribution in [0.3, 0.4) is 0 Å². The molecule has 0 radical (unpaired) electrons. The third-order valence-corrected chi connectivity index (χ3v) is 3.41. The van der Waals surface area contributed by atoms with E-state index in [-0.39, 0.29) is 11.3 Å². The van der Waals surface area contributed by atoms with Gasteiger partial charge in [-0.05, 0) is 30.1 Å². The highest BCUT2D eigenvalue weighted by molar-refractivity contribution is 5.76. The average molecular weight is 225 g/mol. The summed E-state index contributed by atoms with van der Waals surface area (Å²) in [6, 6.07) is 0. The largest absolute Gasteiger partial charge is 0.356 e. The van der Waals surface area contributed by atoms with Gasteiger partial charge in [-0.3, -0.25) is 4.79 Å². The van der Waals surface area contributed by atoms with Crippen molar-refractivity contribution in [3.63, 3.8) is 0 Å². The van der Waals surface area contributed by atoms with Crippen molar-refractivity contribution in [2.24, 2.45) is 17.3 Å². The van der Waals surface area contributed by atoms with E-state index in [1.54, 1.807) is 0 Å². The van der Waals surface area contributed by atoms with Crippen LogP contribution in [0.25, 0.3) is 0 Å². The van der Waals surface area contributed by atoms with Crippen LogP contribution in [0.4, 0.5) is 0 Å². The fourth-order valence-electron chi connectivity index (χ4n) is 2.34. The Bertz CT molecular complexity index is 221. The van der Waals surface area contributed by atoms with Gasteiger partial charge in [0.1, 0.15) is 0 Å². The highest BCUT2D eigenvalue weighted by atomic mass is 16.1. The van der Waals surface area contributed by atoms with Crippen LogP contribution in [0.2, 0.25) is 0 Å². The fraction of sp³-hybridized carbons (Fsp3) is 0.929. The van der Waals surface area contributed by atoms with E-state index < -0.39 is 0 Å². The summed E-state index contributed by atoms with van der Waals surface area (Å²) in [4.78, 5) is 11.7. The number of hydrogen-bond donors (Lipinski definition) is 1. The first-order valence-electron chi connectivity index (χ1n) is 6.63. The van der Waals surface area contributed by atoms with Crippen molar-refractivity contribution in [3.05, 3.63) is 0 Å². The summed E-state index contributed by atoms with van der Waals surface area (Å²) in [5.74, 6) is 1.83. The third kappa shape index (κ3) is 5.53. The van der Waals surface area contributed by atoms with Crippen molar-refractivity contribution in [1.82, 2.24) is 5.32 Å². The molecule has 16 heavy (non-hydrogen) atoms. The van der Waals surface area contributed by atoms with Gasteiger partial charge in [0.15, 0.2) is 0 Å². The van der Waals surface area contributed by atoms with Crippen molar-refractivity contribution in [2.45, 2.75) is 59.8 Å². The molecular weight excluding hydrogens is 198 g/mol. The minimum absolute atomic E-state index is 0.102. The second-order valence-corrected chi connectivity index (χ2v) is 6.67. The summed E-state index contributed by atoms with van der Waals surface area (Å²) in [6.07, 6.45) is 5.88. The molecule has 1 fully saturated rings. The first-order chi connectivity index (χ1) is 7.37. The average Bonchev–Trinajstić information content (AvgIpc) is 2.14. The van der Waals surface area contributed by atoms with Crippen molar-refractivity contribution in [3.8, 4) is 0 Å². The maximum atomic E-state index is 11.7. The SMILES string of the molecule is CC(C)(C)CC(=O)NC[C@H]1CC[C@H](C)CC1. The Kier molecular flexibility index (Phi) is 4.82. The predicted molar refractivity (Wildman–Crippen MR) is 68.2 cm³/mol. The molecule has 1 saturated carbocycles. The zero-order chi connectivity index (χ0) is 12.2. The van der Waals surface area contributed by atoms with Gasteiger partial charge in [0.2, 0.25) is 5.91 Å². The van der Waals surface area contributed by atoms with Crippen molar-refractivity contribution in [2.75, 3.05) is 6.54 Å². The molecule has 1 aliphatic carbocycles. The molecule has 2 heteroatoms. The first-order valence-corrected chi connectivity index (χ1v) is 6.63. The number of amides is 1. The quantitative estimate of drug-likeness (QED) is 0.784. The summed E-state index contributed by atoms with van der Waals surface area (Å²) >= 11 is 0. The molecule has 0 aliphatic heterocycles. The molecule has 94 valence electrons. The van der Waals surface area contributed by atoms with Gasteiger partial charge in [0.25, 0.3) is 0 Å². The summed E-state index contributed by atoms with van der Waals surface area (Å²) in [6.45, 7) is 9.54. The van der Waals surface area contributed by atoms with Gasteiger partial charge < -0.3 is 5.32 Å². The maximum absolute atomic E-state index is 11.7. The van der Waals surface area contributed by atoms with E-state index in [9.17, 15) is 4.79 Å². The van der Waals surface area contributed by atoms with Crippen LogP contribution in [0, 0.1) is 17.3 Å². The van der Waals surface area contributed by atoms with Gasteiger partial charge in [-0.15, -0.1) is 0 Å². The van der Waals surface area contributed by atoms with E-state index in [4.69, 9.17) is 0 Å². The van der Waals surface area contributed by atoms with Crippen molar-refractivity contribution >= 4 is 5.91 Å². The molecule has 1 N–H and O–H groups in total. The monoisotopic (exact) mass is 225 g/mol. The van der Waals surface area contributed by atoms with E-state index in [1.165, 1.54) is 25.7 Å². The minimum Gasteiger partial charge on any atom is -0.356 e. The smallest absolute Gasteiger partial charge is 0.220 e. The van der Waals surface area contributed by atoms with Gasteiger partial charge in [0.05, 0.1) is 0 Å². The Morgan fingerprint density at radius 2 is 1.75 bits per heavy atom. The second kappa shape index (κ2) is 5.70. The Morgan fingerprint density at radius 1 is 1.19 bits per heavy atom. The lowest BCUT2D eigenvalue weighted by Gasteiger charge is -2.26. The second-order valence-electron chi connectivity index (χ2n) is 6.67. The van der Waals surface area contributed by atoms with Crippen molar-refractivity contribution in [1.29, 1.82) is 0 Å². The molecule has 0 saturated heterocycles. The number of rotatable bonds is 3. The lowest BCUT2D eigenvalue weighted by molar-refractivity contribution is -0.123. The third-order valence-electron chi connectivity index (χ3n) is 3.41. The van der Waals surface area contributed by atoms with Crippen LogP contribution < -0.4 is 5.32 Å². The molecule has 1 rings (SSSR count). The Morgan fingerprint density at radius 3 is 2.25 bits per heavy atom. The van der Waals surface area contributed by atoms with Gasteiger partial charge >= 0.3 is 0 Å². The number of carbonyl (C=O) groups excluding carboxylic acids is 1.